The lowest BCUT2D eigenvalue weighted by molar-refractivity contribution is 0.0600. The lowest BCUT2D eigenvalue weighted by Gasteiger charge is -2.14. The Morgan fingerprint density at radius 3 is 2.85 bits per heavy atom. The molecular weight excluding hydrogens is 338 g/mol. The molecule has 112 valence electrons. The average Bonchev–Trinajstić information content (AvgIpc) is 2.45. The molecule has 0 fully saturated rings. The zero-order valence-electron chi connectivity index (χ0n) is 12.2. The van der Waals surface area contributed by atoms with Gasteiger partial charge in [-0.05, 0) is 42.5 Å². The van der Waals surface area contributed by atoms with Crippen molar-refractivity contribution in [2.75, 3.05) is 18.6 Å². The van der Waals surface area contributed by atoms with Crippen molar-refractivity contribution in [2.24, 2.45) is 0 Å². The second-order valence-electron chi connectivity index (χ2n) is 4.57. The van der Waals surface area contributed by atoms with E-state index in [1.54, 1.807) is 12.1 Å². The third kappa shape index (κ3) is 5.85. The lowest BCUT2D eigenvalue weighted by atomic mass is 10.1. The van der Waals surface area contributed by atoms with Crippen molar-refractivity contribution in [1.82, 2.24) is 5.32 Å². The van der Waals surface area contributed by atoms with Crippen LogP contribution in [0.3, 0.4) is 0 Å². The summed E-state index contributed by atoms with van der Waals surface area (Å²) >= 11 is 5.47. The zero-order chi connectivity index (χ0) is 15.0. The van der Waals surface area contributed by atoms with Crippen molar-refractivity contribution < 1.29 is 9.53 Å². The van der Waals surface area contributed by atoms with Gasteiger partial charge >= 0.3 is 5.97 Å². The minimum Gasteiger partial charge on any atom is -0.465 e. The predicted octanol–water partition coefficient (Wildman–Crippen LogP) is 3.86. The van der Waals surface area contributed by atoms with E-state index in [0.717, 1.165) is 23.0 Å². The van der Waals surface area contributed by atoms with E-state index in [1.165, 1.54) is 18.6 Å². The largest absolute Gasteiger partial charge is 0.465 e. The molecule has 0 aliphatic heterocycles. The molecule has 0 aromatic heterocycles. The molecule has 1 aromatic rings. The van der Waals surface area contributed by atoms with Crippen LogP contribution in [0.5, 0.6) is 0 Å². The van der Waals surface area contributed by atoms with Gasteiger partial charge in [0.05, 0.1) is 12.7 Å². The van der Waals surface area contributed by atoms with Crippen LogP contribution in [0.25, 0.3) is 0 Å². The fourth-order valence-electron chi connectivity index (χ4n) is 1.73. The minimum absolute atomic E-state index is 0.310. The molecule has 0 aliphatic rings. The van der Waals surface area contributed by atoms with Gasteiger partial charge in [-0.1, -0.05) is 28.9 Å². The second kappa shape index (κ2) is 9.42. The van der Waals surface area contributed by atoms with Crippen molar-refractivity contribution in [3.63, 3.8) is 0 Å². The number of esters is 1. The van der Waals surface area contributed by atoms with E-state index >= 15 is 0 Å². The molecule has 0 saturated carbocycles. The summed E-state index contributed by atoms with van der Waals surface area (Å²) < 4.78 is 5.64. The first kappa shape index (κ1) is 17.5. The SMILES string of the molecule is CCSCCC(C)NCc1ccc(C(=O)OC)cc1Br. The molecule has 0 amide bonds. The third-order valence-corrected chi connectivity index (χ3v) is 4.69. The summed E-state index contributed by atoms with van der Waals surface area (Å²) in [5.41, 5.74) is 1.71. The molecule has 0 radical (unpaired) electrons. The van der Waals surface area contributed by atoms with E-state index in [2.05, 4.69) is 35.1 Å². The van der Waals surface area contributed by atoms with E-state index in [1.807, 2.05) is 17.8 Å². The molecule has 5 heteroatoms. The number of thioether (sulfide) groups is 1. The summed E-state index contributed by atoms with van der Waals surface area (Å²) in [6.45, 7) is 5.18. The standard InChI is InChI=1S/C15H22BrNO2S/c1-4-20-8-7-11(2)17-10-13-6-5-12(9-14(13)16)15(18)19-3/h5-6,9,11,17H,4,7-8,10H2,1-3H3. The van der Waals surface area contributed by atoms with Crippen molar-refractivity contribution in [3.05, 3.63) is 33.8 Å². The van der Waals surface area contributed by atoms with E-state index in [9.17, 15) is 4.79 Å². The number of carbonyl (C=O) groups is 1. The Bertz CT molecular complexity index is 440. The Morgan fingerprint density at radius 1 is 1.50 bits per heavy atom. The normalized spacial score (nSPS) is 12.2. The zero-order valence-corrected chi connectivity index (χ0v) is 14.6. The molecule has 0 saturated heterocycles. The molecule has 3 nitrogen and oxygen atoms in total. The topological polar surface area (TPSA) is 38.3 Å². The van der Waals surface area contributed by atoms with Crippen LogP contribution in [-0.4, -0.2) is 30.6 Å². The van der Waals surface area contributed by atoms with Gasteiger partial charge in [0.15, 0.2) is 0 Å². The Labute approximate surface area is 134 Å². The molecule has 1 atom stereocenters. The number of methoxy groups -OCH3 is 1. The molecule has 20 heavy (non-hydrogen) atoms. The fraction of sp³-hybridized carbons (Fsp3) is 0.533. The van der Waals surface area contributed by atoms with Crippen LogP contribution < -0.4 is 5.32 Å². The first-order valence-electron chi connectivity index (χ1n) is 6.76. The summed E-state index contributed by atoms with van der Waals surface area (Å²) in [6.07, 6.45) is 1.16. The maximum Gasteiger partial charge on any atom is 0.337 e. The summed E-state index contributed by atoms with van der Waals surface area (Å²) in [7, 11) is 1.39. The number of hydrogen-bond acceptors (Lipinski definition) is 4. The molecule has 0 bridgehead atoms. The van der Waals surface area contributed by atoms with Crippen LogP contribution in [0.15, 0.2) is 22.7 Å². The van der Waals surface area contributed by atoms with E-state index in [-0.39, 0.29) is 5.97 Å². The van der Waals surface area contributed by atoms with E-state index in [0.29, 0.717) is 11.6 Å². The molecule has 1 unspecified atom stereocenters. The third-order valence-electron chi connectivity index (χ3n) is 3.01. The van der Waals surface area contributed by atoms with Gasteiger partial charge in [0, 0.05) is 17.1 Å². The van der Waals surface area contributed by atoms with Gasteiger partial charge in [-0.2, -0.15) is 11.8 Å². The summed E-state index contributed by atoms with van der Waals surface area (Å²) in [4.78, 5) is 11.4. The highest BCUT2D eigenvalue weighted by Gasteiger charge is 2.09. The van der Waals surface area contributed by atoms with Gasteiger partial charge in [-0.3, -0.25) is 0 Å². The first-order chi connectivity index (χ1) is 9.58. The summed E-state index contributed by atoms with van der Waals surface area (Å²) in [5, 5.41) is 3.50. The van der Waals surface area contributed by atoms with Crippen LogP contribution in [0, 0.1) is 0 Å². The van der Waals surface area contributed by atoms with Crippen molar-refractivity contribution >= 4 is 33.7 Å². The van der Waals surface area contributed by atoms with Crippen LogP contribution in [0.4, 0.5) is 0 Å². The van der Waals surface area contributed by atoms with Gasteiger partial charge in [-0.15, -0.1) is 0 Å². The van der Waals surface area contributed by atoms with E-state index < -0.39 is 0 Å². The summed E-state index contributed by atoms with van der Waals surface area (Å²) in [6, 6.07) is 6.05. The van der Waals surface area contributed by atoms with Gasteiger partial charge in [0.1, 0.15) is 0 Å². The van der Waals surface area contributed by atoms with Gasteiger partial charge in [0.25, 0.3) is 0 Å². The summed E-state index contributed by atoms with van der Waals surface area (Å²) in [5.74, 6) is 2.05. The van der Waals surface area contributed by atoms with Gasteiger partial charge in [0.2, 0.25) is 0 Å². The predicted molar refractivity (Wildman–Crippen MR) is 89.4 cm³/mol. The number of carbonyl (C=O) groups excluding carboxylic acids is 1. The molecule has 1 rings (SSSR count). The van der Waals surface area contributed by atoms with Crippen molar-refractivity contribution in [1.29, 1.82) is 0 Å². The van der Waals surface area contributed by atoms with Gasteiger partial charge < -0.3 is 10.1 Å². The average molecular weight is 360 g/mol. The van der Waals surface area contributed by atoms with Crippen LogP contribution in [-0.2, 0) is 11.3 Å². The van der Waals surface area contributed by atoms with Crippen LogP contribution in [0.1, 0.15) is 36.2 Å². The molecule has 0 heterocycles. The Hall–Kier alpha value is -0.520. The Morgan fingerprint density at radius 2 is 2.25 bits per heavy atom. The number of benzene rings is 1. The monoisotopic (exact) mass is 359 g/mol. The van der Waals surface area contributed by atoms with Crippen LogP contribution >= 0.6 is 27.7 Å². The lowest BCUT2D eigenvalue weighted by Crippen LogP contribution is -2.26. The highest BCUT2D eigenvalue weighted by molar-refractivity contribution is 9.10. The Balaban J connectivity index is 2.50. The molecule has 0 aliphatic carbocycles. The van der Waals surface area contributed by atoms with Gasteiger partial charge in [-0.25, -0.2) is 4.79 Å². The maximum atomic E-state index is 11.4. The number of halogens is 1. The maximum absolute atomic E-state index is 11.4. The quantitative estimate of drug-likeness (QED) is 0.564. The highest BCUT2D eigenvalue weighted by atomic mass is 79.9. The van der Waals surface area contributed by atoms with Crippen molar-refractivity contribution in [2.45, 2.75) is 32.9 Å². The van der Waals surface area contributed by atoms with Crippen LogP contribution in [0.2, 0.25) is 0 Å². The number of rotatable bonds is 8. The molecule has 0 spiro atoms. The smallest absolute Gasteiger partial charge is 0.337 e. The molecular formula is C15H22BrNO2S. The number of ether oxygens (including phenoxy) is 1. The fourth-order valence-corrected chi connectivity index (χ4v) is 3.05. The van der Waals surface area contributed by atoms with Crippen molar-refractivity contribution in [3.8, 4) is 0 Å². The molecule has 1 aromatic carbocycles. The Kier molecular flexibility index (Phi) is 8.26. The first-order valence-corrected chi connectivity index (χ1v) is 8.71. The second-order valence-corrected chi connectivity index (χ2v) is 6.81. The number of nitrogens with one attached hydrogen (secondary N) is 1. The molecule has 1 N–H and O–H groups in total. The minimum atomic E-state index is -0.310. The number of hydrogen-bond donors (Lipinski definition) is 1. The van der Waals surface area contributed by atoms with E-state index in [4.69, 9.17) is 4.74 Å². The highest BCUT2D eigenvalue weighted by Crippen LogP contribution is 2.19.